The molecule has 0 bridgehead atoms. The Hall–Kier alpha value is -1.02. The second-order valence-electron chi connectivity index (χ2n) is 5.42. The van der Waals surface area contributed by atoms with Crippen LogP contribution in [0.15, 0.2) is 56.5 Å². The van der Waals surface area contributed by atoms with Crippen molar-refractivity contribution in [1.82, 2.24) is 10.6 Å². The fraction of sp³-hybridized carbons (Fsp3) is 0.353. The molecular weight excluding hydrogens is 469 g/mol. The van der Waals surface area contributed by atoms with Gasteiger partial charge in [0.05, 0.1) is 6.26 Å². The summed E-state index contributed by atoms with van der Waals surface area (Å²) in [4.78, 5) is 4.57. The van der Waals surface area contributed by atoms with Crippen LogP contribution in [-0.4, -0.2) is 18.5 Å². The SMILES string of the molecule is CCNC(=NCc1ccco1)NC1CC1c1ccc(Br)cc1.I. The number of halogens is 2. The van der Waals surface area contributed by atoms with E-state index in [0.29, 0.717) is 18.5 Å². The summed E-state index contributed by atoms with van der Waals surface area (Å²) in [6.07, 6.45) is 2.82. The zero-order valence-electron chi connectivity index (χ0n) is 13.0. The molecule has 1 aliphatic carbocycles. The van der Waals surface area contributed by atoms with Gasteiger partial charge in [-0.15, -0.1) is 24.0 Å². The van der Waals surface area contributed by atoms with Crippen LogP contribution in [0.5, 0.6) is 0 Å². The molecule has 0 radical (unpaired) electrons. The first-order chi connectivity index (χ1) is 10.8. The summed E-state index contributed by atoms with van der Waals surface area (Å²) in [5, 5.41) is 6.79. The monoisotopic (exact) mass is 489 g/mol. The largest absolute Gasteiger partial charge is 0.467 e. The van der Waals surface area contributed by atoms with Crippen LogP contribution >= 0.6 is 39.9 Å². The molecule has 1 aliphatic rings. The lowest BCUT2D eigenvalue weighted by Gasteiger charge is -2.11. The number of rotatable bonds is 5. The van der Waals surface area contributed by atoms with Gasteiger partial charge >= 0.3 is 0 Å². The van der Waals surface area contributed by atoms with Gasteiger partial charge in [-0.3, -0.25) is 0 Å². The van der Waals surface area contributed by atoms with E-state index in [1.807, 2.05) is 12.1 Å². The van der Waals surface area contributed by atoms with Gasteiger partial charge in [0.15, 0.2) is 5.96 Å². The van der Waals surface area contributed by atoms with E-state index >= 15 is 0 Å². The second kappa shape index (κ2) is 8.73. The average molecular weight is 490 g/mol. The molecule has 1 saturated carbocycles. The fourth-order valence-corrected chi connectivity index (χ4v) is 2.75. The minimum Gasteiger partial charge on any atom is -0.467 e. The number of hydrogen-bond acceptors (Lipinski definition) is 2. The first-order valence-corrected chi connectivity index (χ1v) is 8.38. The summed E-state index contributed by atoms with van der Waals surface area (Å²) in [5.74, 6) is 2.29. The van der Waals surface area contributed by atoms with Gasteiger partial charge < -0.3 is 15.1 Å². The van der Waals surface area contributed by atoms with Crippen molar-refractivity contribution in [2.75, 3.05) is 6.54 Å². The predicted octanol–water partition coefficient (Wildman–Crippen LogP) is 4.27. The summed E-state index contributed by atoms with van der Waals surface area (Å²) in [5.41, 5.74) is 1.38. The normalized spacial score (nSPS) is 19.8. The highest BCUT2D eigenvalue weighted by Gasteiger charge is 2.38. The summed E-state index contributed by atoms with van der Waals surface area (Å²) in [7, 11) is 0. The van der Waals surface area contributed by atoms with Gasteiger partial charge in [-0.2, -0.15) is 0 Å². The number of aliphatic imine (C=N–C) groups is 1. The molecule has 1 fully saturated rings. The maximum Gasteiger partial charge on any atom is 0.191 e. The van der Waals surface area contributed by atoms with E-state index in [1.165, 1.54) is 5.56 Å². The van der Waals surface area contributed by atoms with Crippen LogP contribution in [0.1, 0.15) is 30.6 Å². The Morgan fingerprint density at radius 1 is 1.30 bits per heavy atom. The molecule has 2 aromatic rings. The van der Waals surface area contributed by atoms with Gasteiger partial charge in [-0.1, -0.05) is 28.1 Å². The minimum absolute atomic E-state index is 0. The van der Waals surface area contributed by atoms with E-state index < -0.39 is 0 Å². The Bertz CT molecular complexity index is 628. The fourth-order valence-electron chi connectivity index (χ4n) is 2.49. The molecule has 6 heteroatoms. The number of hydrogen-bond donors (Lipinski definition) is 2. The van der Waals surface area contributed by atoms with E-state index in [1.54, 1.807) is 6.26 Å². The molecule has 2 unspecified atom stereocenters. The molecule has 23 heavy (non-hydrogen) atoms. The first-order valence-electron chi connectivity index (χ1n) is 7.59. The highest BCUT2D eigenvalue weighted by Crippen LogP contribution is 2.40. The van der Waals surface area contributed by atoms with Gasteiger partial charge in [-0.05, 0) is 43.2 Å². The molecule has 0 saturated heterocycles. The molecule has 1 aromatic carbocycles. The van der Waals surface area contributed by atoms with Crippen molar-refractivity contribution < 1.29 is 4.42 Å². The maximum atomic E-state index is 5.32. The quantitative estimate of drug-likeness (QED) is 0.374. The second-order valence-corrected chi connectivity index (χ2v) is 6.33. The van der Waals surface area contributed by atoms with Crippen LogP contribution in [0, 0.1) is 0 Å². The van der Waals surface area contributed by atoms with Crippen LogP contribution in [0.4, 0.5) is 0 Å². The van der Waals surface area contributed by atoms with Crippen LogP contribution < -0.4 is 10.6 Å². The van der Waals surface area contributed by atoms with Crippen LogP contribution in [0.2, 0.25) is 0 Å². The van der Waals surface area contributed by atoms with Crippen molar-refractivity contribution in [3.63, 3.8) is 0 Å². The summed E-state index contributed by atoms with van der Waals surface area (Å²) < 4.78 is 6.44. The van der Waals surface area contributed by atoms with E-state index in [-0.39, 0.29) is 24.0 Å². The van der Waals surface area contributed by atoms with E-state index in [9.17, 15) is 0 Å². The lowest BCUT2D eigenvalue weighted by atomic mass is 10.1. The van der Waals surface area contributed by atoms with Crippen molar-refractivity contribution in [3.05, 3.63) is 58.5 Å². The van der Waals surface area contributed by atoms with E-state index in [4.69, 9.17) is 4.42 Å². The van der Waals surface area contributed by atoms with Gasteiger partial charge in [0.25, 0.3) is 0 Å². The topological polar surface area (TPSA) is 49.6 Å². The van der Waals surface area contributed by atoms with Crippen LogP contribution in [0.3, 0.4) is 0 Å². The molecule has 1 heterocycles. The van der Waals surface area contributed by atoms with E-state index in [0.717, 1.165) is 29.2 Å². The number of furan rings is 1. The van der Waals surface area contributed by atoms with Crippen molar-refractivity contribution >= 4 is 45.9 Å². The Morgan fingerprint density at radius 3 is 2.74 bits per heavy atom. The Kier molecular flexibility index (Phi) is 6.95. The maximum absolute atomic E-state index is 5.32. The summed E-state index contributed by atoms with van der Waals surface area (Å²) in [6.45, 7) is 3.47. The number of guanidine groups is 1. The van der Waals surface area contributed by atoms with Gasteiger partial charge in [0.1, 0.15) is 12.3 Å². The third-order valence-corrected chi connectivity index (χ3v) is 4.26. The molecule has 2 atom stereocenters. The summed E-state index contributed by atoms with van der Waals surface area (Å²) >= 11 is 3.48. The zero-order valence-corrected chi connectivity index (χ0v) is 16.9. The Morgan fingerprint density at radius 2 is 2.09 bits per heavy atom. The molecule has 4 nitrogen and oxygen atoms in total. The summed E-state index contributed by atoms with van der Waals surface area (Å²) in [6, 6.07) is 12.8. The van der Waals surface area contributed by atoms with Crippen molar-refractivity contribution in [3.8, 4) is 0 Å². The van der Waals surface area contributed by atoms with Crippen molar-refractivity contribution in [1.29, 1.82) is 0 Å². The highest BCUT2D eigenvalue weighted by molar-refractivity contribution is 14.0. The molecule has 0 aliphatic heterocycles. The van der Waals surface area contributed by atoms with Gasteiger partial charge in [-0.25, -0.2) is 4.99 Å². The smallest absolute Gasteiger partial charge is 0.191 e. The third kappa shape index (κ3) is 5.24. The number of benzene rings is 1. The zero-order chi connectivity index (χ0) is 15.4. The molecule has 1 aromatic heterocycles. The molecular formula is C17H21BrIN3O. The Balaban J connectivity index is 0.00000192. The predicted molar refractivity (Wildman–Crippen MR) is 107 cm³/mol. The average Bonchev–Trinajstić information content (AvgIpc) is 3.08. The molecule has 3 rings (SSSR count). The lowest BCUT2D eigenvalue weighted by Crippen LogP contribution is -2.39. The molecule has 0 spiro atoms. The Labute approximate surface area is 162 Å². The lowest BCUT2D eigenvalue weighted by molar-refractivity contribution is 0.512. The van der Waals surface area contributed by atoms with Crippen molar-refractivity contribution in [2.45, 2.75) is 31.8 Å². The molecule has 124 valence electrons. The minimum atomic E-state index is 0. The van der Waals surface area contributed by atoms with Gasteiger partial charge in [0.2, 0.25) is 0 Å². The molecule has 0 amide bonds. The number of nitrogens with one attached hydrogen (secondary N) is 2. The van der Waals surface area contributed by atoms with Crippen LogP contribution in [-0.2, 0) is 6.54 Å². The third-order valence-electron chi connectivity index (χ3n) is 3.73. The van der Waals surface area contributed by atoms with Crippen molar-refractivity contribution in [2.24, 2.45) is 4.99 Å². The molecule has 2 N–H and O–H groups in total. The van der Waals surface area contributed by atoms with E-state index in [2.05, 4.69) is 62.7 Å². The van der Waals surface area contributed by atoms with Crippen LogP contribution in [0.25, 0.3) is 0 Å². The van der Waals surface area contributed by atoms with Gasteiger partial charge in [0, 0.05) is 23.0 Å². The number of nitrogens with zero attached hydrogens (tertiary/aromatic N) is 1. The first kappa shape index (κ1) is 18.3. The highest BCUT2D eigenvalue weighted by atomic mass is 127. The standard InChI is InChI=1S/C17H20BrN3O.HI/c1-2-19-17(20-11-14-4-3-9-22-14)21-16-10-15(16)12-5-7-13(18)8-6-12;/h3-9,15-16H,2,10-11H2,1H3,(H2,19,20,21);1H.